The lowest BCUT2D eigenvalue weighted by atomic mass is 10.0. The lowest BCUT2D eigenvalue weighted by Crippen LogP contribution is -2.30. The van der Waals surface area contributed by atoms with Crippen LogP contribution in [-0.2, 0) is 16.2 Å². The van der Waals surface area contributed by atoms with E-state index in [1.165, 1.54) is 0 Å². The number of sulfonamides is 1. The number of hydrogen-bond donors (Lipinski definition) is 1. The summed E-state index contributed by atoms with van der Waals surface area (Å²) in [5, 5.41) is 0. The third-order valence-corrected chi connectivity index (χ3v) is 5.48. The van der Waals surface area contributed by atoms with Crippen molar-refractivity contribution < 1.29 is 21.6 Å². The molecule has 1 fully saturated rings. The summed E-state index contributed by atoms with van der Waals surface area (Å²) in [5.41, 5.74) is -0.0151. The molecule has 1 atom stereocenters. The summed E-state index contributed by atoms with van der Waals surface area (Å²) < 4.78 is 65.5. The van der Waals surface area contributed by atoms with E-state index in [9.17, 15) is 21.6 Å². The van der Waals surface area contributed by atoms with Crippen molar-refractivity contribution in [3.63, 3.8) is 0 Å². The van der Waals surface area contributed by atoms with Crippen molar-refractivity contribution in [3.05, 3.63) is 65.7 Å². The van der Waals surface area contributed by atoms with E-state index in [4.69, 9.17) is 0 Å². The van der Waals surface area contributed by atoms with Gasteiger partial charge in [0, 0.05) is 6.04 Å². The maximum Gasteiger partial charge on any atom is 0.416 e. The summed E-state index contributed by atoms with van der Waals surface area (Å²) >= 11 is 0. The summed E-state index contributed by atoms with van der Waals surface area (Å²) in [7, 11) is -3.89. The van der Waals surface area contributed by atoms with Gasteiger partial charge in [-0.3, -0.25) is 0 Å². The zero-order valence-corrected chi connectivity index (χ0v) is 13.4. The number of benzene rings is 2. The SMILES string of the molecule is O=S(=O)(N[C@H](c1ccccc1)C1CC1)c1ccc(C(F)(F)F)cc1. The van der Waals surface area contributed by atoms with Crippen molar-refractivity contribution in [1.82, 2.24) is 4.72 Å². The third kappa shape index (κ3) is 3.79. The number of rotatable bonds is 5. The molecular formula is C17H16F3NO2S. The molecular weight excluding hydrogens is 339 g/mol. The minimum absolute atomic E-state index is 0.169. The quantitative estimate of drug-likeness (QED) is 0.876. The highest BCUT2D eigenvalue weighted by Gasteiger charge is 2.36. The van der Waals surface area contributed by atoms with Crippen LogP contribution < -0.4 is 4.72 Å². The second-order valence-electron chi connectivity index (χ2n) is 5.87. The molecule has 0 saturated heterocycles. The first-order valence-electron chi connectivity index (χ1n) is 7.52. The van der Waals surface area contributed by atoms with Gasteiger partial charge in [-0.1, -0.05) is 30.3 Å². The fourth-order valence-electron chi connectivity index (χ4n) is 2.58. The molecule has 0 amide bonds. The lowest BCUT2D eigenvalue weighted by molar-refractivity contribution is -0.137. The molecule has 0 unspecified atom stereocenters. The summed E-state index contributed by atoms with van der Waals surface area (Å²) in [6.07, 6.45) is -2.64. The van der Waals surface area contributed by atoms with Gasteiger partial charge in [-0.15, -0.1) is 0 Å². The van der Waals surface area contributed by atoms with E-state index >= 15 is 0 Å². The van der Waals surface area contributed by atoms with Crippen LogP contribution in [0.5, 0.6) is 0 Å². The smallest absolute Gasteiger partial charge is 0.207 e. The molecule has 0 bridgehead atoms. The summed E-state index contributed by atoms with van der Waals surface area (Å²) in [5.74, 6) is 0.219. The molecule has 7 heteroatoms. The van der Waals surface area contributed by atoms with Crippen LogP contribution in [0, 0.1) is 5.92 Å². The lowest BCUT2D eigenvalue weighted by Gasteiger charge is -2.19. The molecule has 0 aliphatic heterocycles. The molecule has 2 aromatic rings. The summed E-state index contributed by atoms with van der Waals surface area (Å²) in [6, 6.07) is 12.4. The summed E-state index contributed by atoms with van der Waals surface area (Å²) in [6.45, 7) is 0. The van der Waals surface area contributed by atoms with Crippen LogP contribution in [0.1, 0.15) is 30.0 Å². The zero-order valence-electron chi connectivity index (χ0n) is 12.6. The Kier molecular flexibility index (Phi) is 4.40. The highest BCUT2D eigenvalue weighted by atomic mass is 32.2. The largest absolute Gasteiger partial charge is 0.416 e. The molecule has 128 valence electrons. The normalized spacial score (nSPS) is 16.8. The number of nitrogens with one attached hydrogen (secondary N) is 1. The van der Waals surface area contributed by atoms with Gasteiger partial charge in [-0.05, 0) is 48.6 Å². The molecule has 1 N–H and O–H groups in total. The van der Waals surface area contributed by atoms with Gasteiger partial charge < -0.3 is 0 Å². The van der Waals surface area contributed by atoms with E-state index in [1.807, 2.05) is 30.3 Å². The van der Waals surface area contributed by atoms with E-state index in [0.29, 0.717) is 0 Å². The average molecular weight is 355 g/mol. The van der Waals surface area contributed by atoms with E-state index in [1.54, 1.807) is 0 Å². The van der Waals surface area contributed by atoms with Crippen molar-refractivity contribution in [2.45, 2.75) is 30.0 Å². The minimum Gasteiger partial charge on any atom is -0.207 e. The Morgan fingerprint density at radius 2 is 1.54 bits per heavy atom. The molecule has 0 heterocycles. The van der Waals surface area contributed by atoms with E-state index in [2.05, 4.69) is 4.72 Å². The van der Waals surface area contributed by atoms with Gasteiger partial charge in [0.2, 0.25) is 10.0 Å². The number of halogens is 3. The second-order valence-corrected chi connectivity index (χ2v) is 7.58. The highest BCUT2D eigenvalue weighted by Crippen LogP contribution is 2.41. The van der Waals surface area contributed by atoms with Gasteiger partial charge >= 0.3 is 6.18 Å². The first-order valence-corrected chi connectivity index (χ1v) is 9.00. The monoisotopic (exact) mass is 355 g/mol. The molecule has 1 saturated carbocycles. The van der Waals surface area contributed by atoms with Crippen LogP contribution in [0.25, 0.3) is 0 Å². The van der Waals surface area contributed by atoms with Gasteiger partial charge in [-0.25, -0.2) is 13.1 Å². The first-order chi connectivity index (χ1) is 11.3. The number of alkyl halides is 3. The van der Waals surface area contributed by atoms with Crippen LogP contribution in [-0.4, -0.2) is 8.42 Å². The van der Waals surface area contributed by atoms with Crippen molar-refractivity contribution in [1.29, 1.82) is 0 Å². The van der Waals surface area contributed by atoms with Gasteiger partial charge in [0.05, 0.1) is 10.5 Å². The van der Waals surface area contributed by atoms with Crippen LogP contribution in [0.15, 0.2) is 59.5 Å². The van der Waals surface area contributed by atoms with E-state index < -0.39 is 21.8 Å². The Balaban J connectivity index is 1.84. The van der Waals surface area contributed by atoms with Crippen LogP contribution in [0.4, 0.5) is 13.2 Å². The zero-order chi connectivity index (χ0) is 17.4. The van der Waals surface area contributed by atoms with Crippen LogP contribution in [0.2, 0.25) is 0 Å². The van der Waals surface area contributed by atoms with Gasteiger partial charge in [0.1, 0.15) is 0 Å². The minimum atomic E-state index is -4.49. The van der Waals surface area contributed by atoms with Gasteiger partial charge in [0.25, 0.3) is 0 Å². The summed E-state index contributed by atoms with van der Waals surface area (Å²) in [4.78, 5) is -0.169. The van der Waals surface area contributed by atoms with Gasteiger partial charge in [-0.2, -0.15) is 13.2 Å². The topological polar surface area (TPSA) is 46.2 Å². The highest BCUT2D eigenvalue weighted by molar-refractivity contribution is 7.89. The number of hydrogen-bond acceptors (Lipinski definition) is 2. The Morgan fingerprint density at radius 1 is 0.958 bits per heavy atom. The molecule has 1 aliphatic rings. The van der Waals surface area contributed by atoms with Crippen molar-refractivity contribution in [3.8, 4) is 0 Å². The van der Waals surface area contributed by atoms with E-state index in [-0.39, 0.29) is 16.9 Å². The predicted octanol–water partition coefficient (Wildman–Crippen LogP) is 4.14. The maximum absolute atomic E-state index is 12.6. The van der Waals surface area contributed by atoms with Crippen molar-refractivity contribution in [2.24, 2.45) is 5.92 Å². The Morgan fingerprint density at radius 3 is 2.04 bits per heavy atom. The Hall–Kier alpha value is -1.86. The Bertz CT molecular complexity index is 798. The Labute approximate surface area is 138 Å². The second kappa shape index (κ2) is 6.22. The average Bonchev–Trinajstić information content (AvgIpc) is 3.38. The first kappa shape index (κ1) is 17.0. The van der Waals surface area contributed by atoms with E-state index in [0.717, 1.165) is 42.7 Å². The fourth-order valence-corrected chi connectivity index (χ4v) is 3.88. The van der Waals surface area contributed by atoms with Crippen molar-refractivity contribution >= 4 is 10.0 Å². The fraction of sp³-hybridized carbons (Fsp3) is 0.294. The molecule has 3 nitrogen and oxygen atoms in total. The molecule has 0 spiro atoms. The maximum atomic E-state index is 12.6. The molecule has 24 heavy (non-hydrogen) atoms. The third-order valence-electron chi connectivity index (χ3n) is 4.03. The van der Waals surface area contributed by atoms with Crippen LogP contribution in [0.3, 0.4) is 0 Å². The molecule has 1 aliphatic carbocycles. The molecule has 2 aromatic carbocycles. The van der Waals surface area contributed by atoms with Gasteiger partial charge in [0.15, 0.2) is 0 Å². The molecule has 3 rings (SSSR count). The van der Waals surface area contributed by atoms with Crippen LogP contribution >= 0.6 is 0 Å². The molecule has 0 radical (unpaired) electrons. The molecule has 0 aromatic heterocycles. The predicted molar refractivity (Wildman–Crippen MR) is 83.7 cm³/mol. The standard InChI is InChI=1S/C17H16F3NO2S/c18-17(19,20)14-8-10-15(11-9-14)24(22,23)21-16(13-6-7-13)12-4-2-1-3-5-12/h1-5,8-11,13,16,21H,6-7H2/t16-/m1/s1. The van der Waals surface area contributed by atoms with Crippen molar-refractivity contribution in [2.75, 3.05) is 0 Å².